The van der Waals surface area contributed by atoms with Gasteiger partial charge in [0, 0.05) is 16.9 Å². The number of benzene rings is 1. The summed E-state index contributed by atoms with van der Waals surface area (Å²) in [6.07, 6.45) is -0.599. The molecule has 0 aliphatic carbocycles. The molecule has 3 heteroatoms. The van der Waals surface area contributed by atoms with Crippen LogP contribution < -0.4 is 5.73 Å². The van der Waals surface area contributed by atoms with E-state index in [2.05, 4.69) is 15.9 Å². The molecule has 1 aromatic rings. The summed E-state index contributed by atoms with van der Waals surface area (Å²) in [5, 5.41) is 0. The molecule has 1 rings (SSSR count). The van der Waals surface area contributed by atoms with Crippen molar-refractivity contribution in [2.45, 2.75) is 25.6 Å². The normalized spacial score (nSPS) is 15.4. The Labute approximate surface area is 86.3 Å². The van der Waals surface area contributed by atoms with Gasteiger partial charge in [-0.25, -0.2) is 4.39 Å². The second kappa shape index (κ2) is 4.72. The highest BCUT2D eigenvalue weighted by molar-refractivity contribution is 9.10. The van der Waals surface area contributed by atoms with Gasteiger partial charge >= 0.3 is 0 Å². The van der Waals surface area contributed by atoms with Gasteiger partial charge in [0.05, 0.1) is 0 Å². The molecule has 1 nitrogen and oxygen atoms in total. The fraction of sp³-hybridized carbons (Fsp3) is 0.400. The number of hydrogen-bond acceptors (Lipinski definition) is 1. The van der Waals surface area contributed by atoms with E-state index in [1.165, 1.54) is 0 Å². The fourth-order valence-corrected chi connectivity index (χ4v) is 1.51. The molecule has 2 atom stereocenters. The van der Waals surface area contributed by atoms with E-state index in [9.17, 15) is 4.39 Å². The third kappa shape index (κ3) is 3.08. The van der Waals surface area contributed by atoms with Gasteiger partial charge in [-0.2, -0.15) is 0 Å². The molecule has 0 saturated heterocycles. The predicted molar refractivity (Wildman–Crippen MR) is 56.4 cm³/mol. The first-order chi connectivity index (χ1) is 6.11. The molecule has 0 aliphatic heterocycles. The maximum absolute atomic E-state index is 13.2. The van der Waals surface area contributed by atoms with Crippen LogP contribution in [0.3, 0.4) is 0 Å². The van der Waals surface area contributed by atoms with Crippen molar-refractivity contribution in [1.29, 1.82) is 0 Å². The second-order valence-corrected chi connectivity index (χ2v) is 4.02. The first-order valence-electron chi connectivity index (χ1n) is 4.24. The Kier molecular flexibility index (Phi) is 3.88. The number of rotatable bonds is 3. The van der Waals surface area contributed by atoms with Crippen molar-refractivity contribution >= 4 is 15.9 Å². The van der Waals surface area contributed by atoms with E-state index in [1.807, 2.05) is 24.3 Å². The summed E-state index contributed by atoms with van der Waals surface area (Å²) in [6.45, 7) is 1.68. The molecule has 72 valence electrons. The molecular weight excluding hydrogens is 233 g/mol. The largest absolute Gasteiger partial charge is 0.325 e. The van der Waals surface area contributed by atoms with Crippen LogP contribution in [0, 0.1) is 0 Å². The van der Waals surface area contributed by atoms with Crippen LogP contribution in [0.4, 0.5) is 4.39 Å². The zero-order valence-corrected chi connectivity index (χ0v) is 9.09. The van der Waals surface area contributed by atoms with E-state index < -0.39 is 12.2 Å². The zero-order chi connectivity index (χ0) is 9.84. The highest BCUT2D eigenvalue weighted by Crippen LogP contribution is 2.18. The van der Waals surface area contributed by atoms with Gasteiger partial charge in [0.25, 0.3) is 0 Å². The summed E-state index contributed by atoms with van der Waals surface area (Å²) >= 11 is 3.37. The lowest BCUT2D eigenvalue weighted by Crippen LogP contribution is -2.29. The molecule has 2 N–H and O–H groups in total. The lowest BCUT2D eigenvalue weighted by atomic mass is 10.1. The third-order valence-electron chi connectivity index (χ3n) is 1.94. The van der Waals surface area contributed by atoms with E-state index in [-0.39, 0.29) is 0 Å². The van der Waals surface area contributed by atoms with Gasteiger partial charge in [-0.15, -0.1) is 0 Å². The van der Waals surface area contributed by atoms with Crippen molar-refractivity contribution in [3.8, 4) is 0 Å². The average molecular weight is 246 g/mol. The highest BCUT2D eigenvalue weighted by Gasteiger charge is 2.13. The van der Waals surface area contributed by atoms with Gasteiger partial charge in [-0.05, 0) is 18.6 Å². The van der Waals surface area contributed by atoms with Crippen LogP contribution in [0.15, 0.2) is 28.7 Å². The van der Waals surface area contributed by atoms with Crippen LogP contribution >= 0.6 is 15.9 Å². The Morgan fingerprint density at radius 3 is 2.62 bits per heavy atom. The van der Waals surface area contributed by atoms with Crippen LogP contribution in [-0.2, 0) is 6.42 Å². The molecule has 2 unspecified atom stereocenters. The minimum atomic E-state index is -0.973. The maximum atomic E-state index is 13.2. The third-order valence-corrected chi connectivity index (χ3v) is 2.72. The summed E-state index contributed by atoms with van der Waals surface area (Å²) in [7, 11) is 0. The quantitative estimate of drug-likeness (QED) is 0.871. The van der Waals surface area contributed by atoms with E-state index in [0.717, 1.165) is 10.0 Å². The molecule has 0 radical (unpaired) electrons. The number of halogens is 2. The Balaban J connectivity index is 2.69. The molecule has 0 fully saturated rings. The van der Waals surface area contributed by atoms with Crippen molar-refractivity contribution in [3.63, 3.8) is 0 Å². The second-order valence-electron chi connectivity index (χ2n) is 3.17. The molecule has 0 saturated carbocycles. The van der Waals surface area contributed by atoms with Crippen molar-refractivity contribution in [1.82, 2.24) is 0 Å². The van der Waals surface area contributed by atoms with E-state index in [4.69, 9.17) is 5.73 Å². The molecule has 1 aromatic carbocycles. The van der Waals surface area contributed by atoms with Gasteiger partial charge < -0.3 is 5.73 Å². The van der Waals surface area contributed by atoms with Crippen LogP contribution in [0.5, 0.6) is 0 Å². The molecular formula is C10H13BrFN. The lowest BCUT2D eigenvalue weighted by molar-refractivity contribution is 0.290. The monoisotopic (exact) mass is 245 g/mol. The average Bonchev–Trinajstić information content (AvgIpc) is 2.08. The van der Waals surface area contributed by atoms with E-state index in [0.29, 0.717) is 6.42 Å². The first kappa shape index (κ1) is 10.7. The van der Waals surface area contributed by atoms with Gasteiger partial charge in [-0.3, -0.25) is 0 Å². The van der Waals surface area contributed by atoms with Gasteiger partial charge in [0.1, 0.15) is 6.17 Å². The Hall–Kier alpha value is -0.410. The predicted octanol–water partition coefficient (Wildman–Crippen LogP) is 2.68. The van der Waals surface area contributed by atoms with Crippen molar-refractivity contribution in [3.05, 3.63) is 34.3 Å². The summed E-state index contributed by atoms with van der Waals surface area (Å²) in [6, 6.07) is 7.20. The number of alkyl halides is 1. The highest BCUT2D eigenvalue weighted by atomic mass is 79.9. The maximum Gasteiger partial charge on any atom is 0.119 e. The first-order valence-corrected chi connectivity index (χ1v) is 5.03. The molecule has 0 aromatic heterocycles. The minimum absolute atomic E-state index is 0.374. The number of nitrogens with two attached hydrogens (primary N) is 1. The molecule has 0 spiro atoms. The molecule has 0 bridgehead atoms. The van der Waals surface area contributed by atoms with Crippen LogP contribution in [-0.4, -0.2) is 12.2 Å². The Bertz CT molecular complexity index is 275. The van der Waals surface area contributed by atoms with Gasteiger partial charge in [0.2, 0.25) is 0 Å². The van der Waals surface area contributed by atoms with Crippen LogP contribution in [0.2, 0.25) is 0 Å². The summed E-state index contributed by atoms with van der Waals surface area (Å²) in [5.74, 6) is 0. The van der Waals surface area contributed by atoms with Crippen molar-refractivity contribution < 1.29 is 4.39 Å². The summed E-state index contributed by atoms with van der Waals surface area (Å²) < 4.78 is 14.2. The van der Waals surface area contributed by atoms with Crippen molar-refractivity contribution in [2.24, 2.45) is 5.73 Å². The SMILES string of the molecule is CC(N)C(F)Cc1ccccc1Br. The van der Waals surface area contributed by atoms with Crippen LogP contribution in [0.25, 0.3) is 0 Å². The number of hydrogen-bond donors (Lipinski definition) is 1. The fourth-order valence-electron chi connectivity index (χ4n) is 1.06. The van der Waals surface area contributed by atoms with E-state index >= 15 is 0 Å². The molecule has 0 aliphatic rings. The topological polar surface area (TPSA) is 26.0 Å². The van der Waals surface area contributed by atoms with Gasteiger partial charge in [-0.1, -0.05) is 34.1 Å². The minimum Gasteiger partial charge on any atom is -0.325 e. The Morgan fingerprint density at radius 2 is 2.08 bits per heavy atom. The molecule has 0 heterocycles. The van der Waals surface area contributed by atoms with E-state index in [1.54, 1.807) is 6.92 Å². The van der Waals surface area contributed by atoms with Crippen molar-refractivity contribution in [2.75, 3.05) is 0 Å². The summed E-state index contributed by atoms with van der Waals surface area (Å²) in [5.41, 5.74) is 6.41. The zero-order valence-electron chi connectivity index (χ0n) is 7.50. The molecule has 0 amide bonds. The van der Waals surface area contributed by atoms with Gasteiger partial charge in [0.15, 0.2) is 0 Å². The smallest absolute Gasteiger partial charge is 0.119 e. The summed E-state index contributed by atoms with van der Waals surface area (Å²) in [4.78, 5) is 0. The lowest BCUT2D eigenvalue weighted by Gasteiger charge is -2.12. The Morgan fingerprint density at radius 1 is 1.46 bits per heavy atom. The standard InChI is InChI=1S/C10H13BrFN/c1-7(13)10(12)6-8-4-2-3-5-9(8)11/h2-5,7,10H,6,13H2,1H3. The molecule has 13 heavy (non-hydrogen) atoms. The van der Waals surface area contributed by atoms with Crippen LogP contribution in [0.1, 0.15) is 12.5 Å².